The third-order valence-electron chi connectivity index (χ3n) is 3.85. The van der Waals surface area contributed by atoms with Crippen molar-refractivity contribution in [3.63, 3.8) is 0 Å². The third kappa shape index (κ3) is 3.81. The van der Waals surface area contributed by atoms with Crippen LogP contribution in [0.3, 0.4) is 0 Å². The molecule has 7 nitrogen and oxygen atoms in total. The molecule has 1 heterocycles. The van der Waals surface area contributed by atoms with Gasteiger partial charge in [0.2, 0.25) is 0 Å². The molecule has 0 bridgehead atoms. The summed E-state index contributed by atoms with van der Waals surface area (Å²) in [4.78, 5) is 27.8. The number of aromatic nitrogens is 1. The smallest absolute Gasteiger partial charge is 0.311 e. The van der Waals surface area contributed by atoms with Crippen LogP contribution < -0.4 is 10.1 Å². The Labute approximate surface area is 161 Å². The number of carbonyl (C=O) groups excluding carboxylic acids is 1. The molecule has 28 heavy (non-hydrogen) atoms. The van der Waals surface area contributed by atoms with Crippen LogP contribution in [0.4, 0.5) is 19.6 Å². The first-order valence-corrected chi connectivity index (χ1v) is 8.68. The normalized spacial score (nSPS) is 10.6. The first-order chi connectivity index (χ1) is 13.3. The Hall–Kier alpha value is -3.40. The molecular weight excluding hydrogens is 392 g/mol. The Bertz CT molecular complexity index is 1080. The Balaban J connectivity index is 1.86. The van der Waals surface area contributed by atoms with Crippen LogP contribution in [0.25, 0.3) is 11.3 Å². The average molecular weight is 405 g/mol. The fourth-order valence-corrected chi connectivity index (χ4v) is 3.34. The molecule has 0 aliphatic rings. The van der Waals surface area contributed by atoms with Crippen LogP contribution in [0.1, 0.15) is 15.2 Å². The van der Waals surface area contributed by atoms with Crippen LogP contribution in [0, 0.1) is 28.7 Å². The number of rotatable bonds is 5. The van der Waals surface area contributed by atoms with Gasteiger partial charge in [-0.1, -0.05) is 0 Å². The molecule has 0 radical (unpaired) electrons. The molecule has 0 unspecified atom stereocenters. The second kappa shape index (κ2) is 7.69. The molecule has 0 aliphatic carbocycles. The summed E-state index contributed by atoms with van der Waals surface area (Å²) < 4.78 is 31.5. The van der Waals surface area contributed by atoms with E-state index in [4.69, 9.17) is 4.74 Å². The summed E-state index contributed by atoms with van der Waals surface area (Å²) in [5, 5.41) is 13.9. The topological polar surface area (TPSA) is 94.4 Å². The molecule has 0 spiro atoms. The summed E-state index contributed by atoms with van der Waals surface area (Å²) in [6, 6.07) is 7.22. The van der Waals surface area contributed by atoms with Gasteiger partial charge in [0.1, 0.15) is 0 Å². The zero-order valence-corrected chi connectivity index (χ0v) is 15.5. The third-order valence-corrected chi connectivity index (χ3v) is 4.73. The maximum atomic E-state index is 13.5. The van der Waals surface area contributed by atoms with Gasteiger partial charge in [0.25, 0.3) is 5.91 Å². The maximum Gasteiger partial charge on any atom is 0.311 e. The van der Waals surface area contributed by atoms with E-state index in [1.54, 1.807) is 6.92 Å². The van der Waals surface area contributed by atoms with Crippen LogP contribution in [-0.4, -0.2) is 22.9 Å². The number of thiazole rings is 1. The van der Waals surface area contributed by atoms with Crippen LogP contribution in [-0.2, 0) is 0 Å². The molecule has 1 N–H and O–H groups in total. The van der Waals surface area contributed by atoms with Crippen molar-refractivity contribution in [2.75, 3.05) is 12.4 Å². The predicted octanol–water partition coefficient (Wildman–Crippen LogP) is 4.57. The van der Waals surface area contributed by atoms with E-state index in [-0.39, 0.29) is 22.1 Å². The number of nitrogens with zero attached hydrogens (tertiary/aromatic N) is 2. The summed E-state index contributed by atoms with van der Waals surface area (Å²) in [5.41, 5.74) is 0.482. The lowest BCUT2D eigenvalue weighted by Crippen LogP contribution is -2.12. The minimum Gasteiger partial charge on any atom is -0.490 e. The molecule has 1 amide bonds. The average Bonchev–Trinajstić information content (AvgIpc) is 3.03. The molecule has 0 saturated heterocycles. The minimum atomic E-state index is -0.999. The van der Waals surface area contributed by atoms with Gasteiger partial charge in [0, 0.05) is 22.1 Å². The van der Waals surface area contributed by atoms with Gasteiger partial charge in [-0.2, -0.15) is 0 Å². The SMILES string of the molecule is COc1ccc(C(=O)Nc2nc(-c3ccc(F)c(F)c3)c(C)s2)cc1[N+](=O)[O-]. The lowest BCUT2D eigenvalue weighted by atomic mass is 10.1. The number of benzene rings is 2. The van der Waals surface area contributed by atoms with Gasteiger partial charge in [0.05, 0.1) is 17.7 Å². The number of aryl methyl sites for hydroxylation is 1. The Morgan fingerprint density at radius 2 is 1.96 bits per heavy atom. The van der Waals surface area contributed by atoms with Crippen molar-refractivity contribution in [3.05, 3.63) is 68.6 Å². The van der Waals surface area contributed by atoms with Gasteiger partial charge >= 0.3 is 5.69 Å². The minimum absolute atomic E-state index is 0.0345. The Kier molecular flexibility index (Phi) is 5.32. The molecule has 144 valence electrons. The highest BCUT2D eigenvalue weighted by atomic mass is 32.1. The van der Waals surface area contributed by atoms with Crippen molar-refractivity contribution in [3.8, 4) is 17.0 Å². The zero-order chi connectivity index (χ0) is 20.4. The van der Waals surface area contributed by atoms with Crippen molar-refractivity contribution < 1.29 is 23.2 Å². The molecule has 10 heteroatoms. The highest BCUT2D eigenvalue weighted by Gasteiger charge is 2.20. The van der Waals surface area contributed by atoms with Crippen LogP contribution >= 0.6 is 11.3 Å². The standard InChI is InChI=1S/C18H13F2N3O4S/c1-9-16(10-3-5-12(19)13(20)7-10)21-18(28-9)22-17(24)11-4-6-15(27-2)14(8-11)23(25)26/h3-8H,1-2H3,(H,21,22,24). The molecule has 2 aromatic carbocycles. The van der Waals surface area contributed by atoms with Gasteiger partial charge < -0.3 is 4.74 Å². The number of ether oxygens (including phenoxy) is 1. The number of nitrogens with one attached hydrogen (secondary N) is 1. The highest BCUT2D eigenvalue weighted by Crippen LogP contribution is 2.32. The molecule has 3 rings (SSSR count). The van der Waals surface area contributed by atoms with Crippen LogP contribution in [0.5, 0.6) is 5.75 Å². The lowest BCUT2D eigenvalue weighted by molar-refractivity contribution is -0.385. The first kappa shape index (κ1) is 19.4. The fraction of sp³-hybridized carbons (Fsp3) is 0.111. The van der Waals surface area contributed by atoms with Crippen molar-refractivity contribution in [2.24, 2.45) is 0 Å². The summed E-state index contributed by atoms with van der Waals surface area (Å²) >= 11 is 1.14. The van der Waals surface area contributed by atoms with E-state index in [1.165, 1.54) is 25.3 Å². The lowest BCUT2D eigenvalue weighted by Gasteiger charge is -2.05. The molecule has 0 saturated carbocycles. The maximum absolute atomic E-state index is 13.5. The number of amides is 1. The zero-order valence-electron chi connectivity index (χ0n) is 14.7. The Morgan fingerprint density at radius 3 is 2.61 bits per heavy atom. The van der Waals surface area contributed by atoms with Gasteiger partial charge in [-0.15, -0.1) is 11.3 Å². The molecule has 0 atom stereocenters. The number of methoxy groups -OCH3 is 1. The van der Waals surface area contributed by atoms with E-state index in [1.807, 2.05) is 0 Å². The quantitative estimate of drug-likeness (QED) is 0.496. The van der Waals surface area contributed by atoms with E-state index >= 15 is 0 Å². The van der Waals surface area contributed by atoms with Crippen molar-refractivity contribution in [1.29, 1.82) is 0 Å². The van der Waals surface area contributed by atoms with Gasteiger partial charge in [-0.05, 0) is 37.3 Å². The number of nitro groups is 1. The van der Waals surface area contributed by atoms with Crippen LogP contribution in [0.2, 0.25) is 0 Å². The molecule has 0 fully saturated rings. The van der Waals surface area contributed by atoms with E-state index in [2.05, 4.69) is 10.3 Å². The summed E-state index contributed by atoms with van der Waals surface area (Å²) in [7, 11) is 1.29. The monoisotopic (exact) mass is 405 g/mol. The Morgan fingerprint density at radius 1 is 1.21 bits per heavy atom. The highest BCUT2D eigenvalue weighted by molar-refractivity contribution is 7.16. The van der Waals surface area contributed by atoms with Gasteiger partial charge in [-0.25, -0.2) is 13.8 Å². The number of nitro benzene ring substituents is 1. The molecule has 1 aromatic heterocycles. The molecule has 3 aromatic rings. The largest absolute Gasteiger partial charge is 0.490 e. The number of hydrogen-bond donors (Lipinski definition) is 1. The number of hydrogen-bond acceptors (Lipinski definition) is 6. The summed E-state index contributed by atoms with van der Waals surface area (Å²) in [6.45, 7) is 1.72. The predicted molar refractivity (Wildman–Crippen MR) is 99.8 cm³/mol. The van der Waals surface area contributed by atoms with Crippen LogP contribution in [0.15, 0.2) is 36.4 Å². The van der Waals surface area contributed by atoms with Crippen molar-refractivity contribution in [1.82, 2.24) is 4.98 Å². The van der Waals surface area contributed by atoms with Gasteiger partial charge in [-0.3, -0.25) is 20.2 Å². The first-order valence-electron chi connectivity index (χ1n) is 7.86. The number of anilines is 1. The fourth-order valence-electron chi connectivity index (χ4n) is 2.50. The van der Waals surface area contributed by atoms with E-state index in [9.17, 15) is 23.7 Å². The summed E-state index contributed by atoms with van der Waals surface area (Å²) in [6.07, 6.45) is 0. The van der Waals surface area contributed by atoms with E-state index < -0.39 is 22.5 Å². The number of halogens is 2. The second-order valence-corrected chi connectivity index (χ2v) is 6.85. The van der Waals surface area contributed by atoms with Crippen molar-refractivity contribution >= 4 is 28.1 Å². The van der Waals surface area contributed by atoms with E-state index in [0.29, 0.717) is 16.1 Å². The molecular formula is C18H13F2N3O4S. The second-order valence-electron chi connectivity index (χ2n) is 5.65. The van der Waals surface area contributed by atoms with Crippen molar-refractivity contribution in [2.45, 2.75) is 6.92 Å². The van der Waals surface area contributed by atoms with E-state index in [0.717, 1.165) is 29.5 Å². The summed E-state index contributed by atoms with van der Waals surface area (Å²) in [5.74, 6) is -2.53. The molecule has 0 aliphatic heterocycles. The van der Waals surface area contributed by atoms with Gasteiger partial charge in [0.15, 0.2) is 22.5 Å². The number of carbonyl (C=O) groups is 1.